The number of hydrogen-bond donors (Lipinski definition) is 0. The van der Waals surface area contributed by atoms with Gasteiger partial charge in [0.05, 0.1) is 22.9 Å². The fourth-order valence-corrected chi connectivity index (χ4v) is 7.21. The molecule has 0 aliphatic heterocycles. The lowest BCUT2D eigenvalue weighted by molar-refractivity contribution is 0.481. The van der Waals surface area contributed by atoms with Gasteiger partial charge in [0.2, 0.25) is 0 Å². The van der Waals surface area contributed by atoms with Crippen molar-refractivity contribution >= 4 is 21.8 Å². The van der Waals surface area contributed by atoms with Gasteiger partial charge in [-0.15, -0.1) is 0 Å². The van der Waals surface area contributed by atoms with E-state index >= 15 is 0 Å². The second-order valence-electron chi connectivity index (χ2n) is 14.0. The Labute approximate surface area is 290 Å². The summed E-state index contributed by atoms with van der Waals surface area (Å²) in [6, 6.07) is 32.5. The molecule has 0 unspecified atom stereocenters. The van der Waals surface area contributed by atoms with Gasteiger partial charge in [-0.25, -0.2) is 9.67 Å². The summed E-state index contributed by atoms with van der Waals surface area (Å²) < 4.78 is 11.0. The lowest BCUT2D eigenvalue weighted by Gasteiger charge is -2.14. The smallest absolute Gasteiger partial charge is 0.137 e. The second-order valence-corrected chi connectivity index (χ2v) is 14.0. The van der Waals surface area contributed by atoms with Crippen LogP contribution in [0.15, 0.2) is 110 Å². The van der Waals surface area contributed by atoms with Crippen LogP contribution in [0.1, 0.15) is 63.8 Å². The summed E-state index contributed by atoms with van der Waals surface area (Å²) in [5.74, 6) is 3.58. The lowest BCUT2D eigenvalue weighted by atomic mass is 9.94. The molecule has 5 nitrogen and oxygen atoms in total. The Bertz CT molecular complexity index is 2230. The van der Waals surface area contributed by atoms with E-state index in [4.69, 9.17) is 14.8 Å². The van der Waals surface area contributed by atoms with Crippen molar-refractivity contribution < 1.29 is 4.74 Å². The Hall–Kier alpha value is -5.16. The highest BCUT2D eigenvalue weighted by Crippen LogP contribution is 2.36. The molecule has 0 amide bonds. The van der Waals surface area contributed by atoms with Gasteiger partial charge in [0.25, 0.3) is 0 Å². The molecule has 0 aliphatic carbocycles. The normalized spacial score (nSPS) is 11.8. The second kappa shape index (κ2) is 13.8. The van der Waals surface area contributed by atoms with Gasteiger partial charge in [-0.1, -0.05) is 77.9 Å². The van der Waals surface area contributed by atoms with Crippen molar-refractivity contribution in [3.8, 4) is 34.1 Å². The number of para-hydroxylation sites is 1. The predicted octanol–water partition coefficient (Wildman–Crippen LogP) is 11.3. The number of rotatable bonds is 11. The third kappa shape index (κ3) is 6.63. The minimum Gasteiger partial charge on any atom is -0.457 e. The zero-order chi connectivity index (χ0) is 34.1. The Morgan fingerprint density at radius 3 is 2.16 bits per heavy atom. The minimum absolute atomic E-state index is 0.505. The Kier molecular flexibility index (Phi) is 9.09. The predicted molar refractivity (Wildman–Crippen MR) is 203 cm³/mol. The summed E-state index contributed by atoms with van der Waals surface area (Å²) in [7, 11) is 0. The molecule has 5 heteroatoms. The average Bonchev–Trinajstić information content (AvgIpc) is 3.70. The standard InChI is InChI=1S/C44H46N4O/c1-7-33-12-11-13-34(8-2)44(33)35-27-46-47(28-35)36-22-32(21-30(5)6)23-38(25-36)49-37-16-17-40-39-14-9-10-15-41(39)48(42(40)26-37)43-24-31(18-19-45-43)20-29(3)4/h9-19,22-30H,7-8,20-21H2,1-6H3. The van der Waals surface area contributed by atoms with Crippen molar-refractivity contribution in [3.05, 3.63) is 132 Å². The highest BCUT2D eigenvalue weighted by molar-refractivity contribution is 6.09. The molecule has 0 fully saturated rings. The maximum Gasteiger partial charge on any atom is 0.137 e. The highest BCUT2D eigenvalue weighted by Gasteiger charge is 2.16. The molecule has 7 rings (SSSR count). The van der Waals surface area contributed by atoms with Crippen molar-refractivity contribution in [3.63, 3.8) is 0 Å². The molecule has 7 aromatic rings. The fourth-order valence-electron chi connectivity index (χ4n) is 7.21. The van der Waals surface area contributed by atoms with Crippen LogP contribution in [0, 0.1) is 11.8 Å². The summed E-state index contributed by atoms with van der Waals surface area (Å²) in [6.45, 7) is 13.5. The zero-order valence-corrected chi connectivity index (χ0v) is 29.6. The molecule has 49 heavy (non-hydrogen) atoms. The van der Waals surface area contributed by atoms with Crippen molar-refractivity contribution in [2.45, 2.75) is 67.2 Å². The first-order valence-electron chi connectivity index (χ1n) is 17.8. The van der Waals surface area contributed by atoms with E-state index in [-0.39, 0.29) is 0 Å². The van der Waals surface area contributed by atoms with Crippen LogP contribution >= 0.6 is 0 Å². The molecule has 0 saturated carbocycles. The van der Waals surface area contributed by atoms with Gasteiger partial charge in [-0.05, 0) is 108 Å². The van der Waals surface area contributed by atoms with Crippen LogP contribution in [0.5, 0.6) is 11.5 Å². The highest BCUT2D eigenvalue weighted by atomic mass is 16.5. The minimum atomic E-state index is 0.505. The SMILES string of the molecule is CCc1cccc(CC)c1-c1cnn(-c2cc(CC(C)C)cc(Oc3ccc4c5ccccc5n(-c5cc(CC(C)C)ccn5)c4c3)c2)c1. The van der Waals surface area contributed by atoms with Crippen LogP contribution in [-0.4, -0.2) is 19.3 Å². The topological polar surface area (TPSA) is 44.9 Å². The lowest BCUT2D eigenvalue weighted by Crippen LogP contribution is -2.01. The van der Waals surface area contributed by atoms with E-state index in [1.807, 2.05) is 17.1 Å². The van der Waals surface area contributed by atoms with Gasteiger partial charge in [0.1, 0.15) is 17.3 Å². The van der Waals surface area contributed by atoms with Crippen molar-refractivity contribution in [2.75, 3.05) is 0 Å². The number of ether oxygens (including phenoxy) is 1. The van der Waals surface area contributed by atoms with E-state index in [1.165, 1.54) is 38.6 Å². The Morgan fingerprint density at radius 1 is 0.673 bits per heavy atom. The van der Waals surface area contributed by atoms with Gasteiger partial charge in [-0.3, -0.25) is 4.57 Å². The molecule has 0 aliphatic rings. The molecular weight excluding hydrogens is 601 g/mol. The maximum atomic E-state index is 6.72. The molecule has 4 aromatic carbocycles. The molecule has 0 radical (unpaired) electrons. The van der Waals surface area contributed by atoms with Gasteiger partial charge < -0.3 is 4.74 Å². The number of benzene rings is 4. The zero-order valence-electron chi connectivity index (χ0n) is 29.6. The van der Waals surface area contributed by atoms with Crippen LogP contribution in [-0.2, 0) is 25.7 Å². The summed E-state index contributed by atoms with van der Waals surface area (Å²) >= 11 is 0. The first kappa shape index (κ1) is 32.4. The molecule has 248 valence electrons. The van der Waals surface area contributed by atoms with E-state index in [9.17, 15) is 0 Å². The fraction of sp³-hybridized carbons (Fsp3) is 0.273. The Morgan fingerprint density at radius 2 is 1.41 bits per heavy atom. The van der Waals surface area contributed by atoms with Gasteiger partial charge in [-0.2, -0.15) is 5.10 Å². The van der Waals surface area contributed by atoms with E-state index in [1.54, 1.807) is 0 Å². The molecule has 0 atom stereocenters. The third-order valence-corrected chi connectivity index (χ3v) is 9.29. The number of fused-ring (bicyclic) bond motifs is 3. The maximum absolute atomic E-state index is 6.72. The van der Waals surface area contributed by atoms with E-state index in [0.717, 1.165) is 65.3 Å². The van der Waals surface area contributed by atoms with Crippen molar-refractivity contribution in [1.82, 2.24) is 19.3 Å². The molecule has 0 saturated heterocycles. The number of aromatic nitrogens is 4. The number of pyridine rings is 1. The van der Waals surface area contributed by atoms with Crippen LogP contribution in [0.2, 0.25) is 0 Å². The van der Waals surface area contributed by atoms with Crippen LogP contribution in [0.25, 0.3) is 44.4 Å². The molecular formula is C44H46N4O. The molecule has 0 N–H and O–H groups in total. The summed E-state index contributed by atoms with van der Waals surface area (Å²) in [4.78, 5) is 4.85. The monoisotopic (exact) mass is 646 g/mol. The summed E-state index contributed by atoms with van der Waals surface area (Å²) in [6.07, 6.45) is 10.0. The van der Waals surface area contributed by atoms with Gasteiger partial charge in [0, 0.05) is 40.9 Å². The molecule has 0 bridgehead atoms. The van der Waals surface area contributed by atoms with E-state index < -0.39 is 0 Å². The largest absolute Gasteiger partial charge is 0.457 e. The van der Waals surface area contributed by atoms with Crippen LogP contribution in [0.4, 0.5) is 0 Å². The van der Waals surface area contributed by atoms with Crippen molar-refractivity contribution in [2.24, 2.45) is 11.8 Å². The first-order chi connectivity index (χ1) is 23.8. The molecule has 3 heterocycles. The molecule has 3 aromatic heterocycles. The van der Waals surface area contributed by atoms with Gasteiger partial charge >= 0.3 is 0 Å². The van der Waals surface area contributed by atoms with Crippen LogP contribution < -0.4 is 4.74 Å². The summed E-state index contributed by atoms with van der Waals surface area (Å²) in [5, 5.41) is 7.25. The quantitative estimate of drug-likeness (QED) is 0.140. The summed E-state index contributed by atoms with van der Waals surface area (Å²) in [5.41, 5.74) is 10.9. The number of aryl methyl sites for hydroxylation is 2. The Balaban J connectivity index is 1.30. The van der Waals surface area contributed by atoms with Gasteiger partial charge in [0.15, 0.2) is 0 Å². The van der Waals surface area contributed by atoms with E-state index in [0.29, 0.717) is 11.8 Å². The van der Waals surface area contributed by atoms with Crippen molar-refractivity contribution in [1.29, 1.82) is 0 Å². The first-order valence-corrected chi connectivity index (χ1v) is 17.8. The average molecular weight is 647 g/mol. The number of nitrogens with zero attached hydrogens (tertiary/aromatic N) is 4. The van der Waals surface area contributed by atoms with E-state index in [2.05, 4.69) is 143 Å². The number of hydrogen-bond acceptors (Lipinski definition) is 3. The third-order valence-electron chi connectivity index (χ3n) is 9.29. The van der Waals surface area contributed by atoms with Crippen LogP contribution in [0.3, 0.4) is 0 Å². The molecule has 0 spiro atoms.